The molecule has 0 aromatic heterocycles. The second kappa shape index (κ2) is 7.02. The highest BCUT2D eigenvalue weighted by Gasteiger charge is 2.22. The van der Waals surface area contributed by atoms with E-state index < -0.39 is 10.0 Å². The van der Waals surface area contributed by atoms with Crippen molar-refractivity contribution in [1.82, 2.24) is 4.72 Å². The van der Waals surface area contributed by atoms with Gasteiger partial charge in [0.2, 0.25) is 10.0 Å². The van der Waals surface area contributed by atoms with E-state index in [2.05, 4.69) is 4.72 Å². The maximum Gasteiger partial charge on any atom is 0.244 e. The monoisotopic (exact) mass is 335 g/mol. The zero-order valence-corrected chi connectivity index (χ0v) is 14.5. The van der Waals surface area contributed by atoms with Gasteiger partial charge in [-0.2, -0.15) is 0 Å². The Morgan fingerprint density at radius 2 is 1.65 bits per heavy atom. The molecule has 5 nitrogen and oxygen atoms in total. The molecule has 0 aliphatic carbocycles. The van der Waals surface area contributed by atoms with Crippen LogP contribution in [0.15, 0.2) is 41.3 Å². The van der Waals surface area contributed by atoms with Gasteiger partial charge in [0.05, 0.1) is 14.2 Å². The van der Waals surface area contributed by atoms with E-state index in [1.807, 2.05) is 31.2 Å². The molecule has 0 fully saturated rings. The van der Waals surface area contributed by atoms with Crippen LogP contribution < -0.4 is 14.2 Å². The highest BCUT2D eigenvalue weighted by Crippen LogP contribution is 2.29. The minimum absolute atomic E-state index is 0.142. The number of sulfonamides is 1. The highest BCUT2D eigenvalue weighted by atomic mass is 32.2. The molecule has 0 bridgehead atoms. The van der Waals surface area contributed by atoms with E-state index >= 15 is 0 Å². The lowest BCUT2D eigenvalue weighted by atomic mass is 10.1. The number of benzene rings is 2. The smallest absolute Gasteiger partial charge is 0.244 e. The zero-order valence-electron chi connectivity index (χ0n) is 13.7. The molecule has 0 saturated heterocycles. The average Bonchev–Trinajstić information content (AvgIpc) is 2.52. The van der Waals surface area contributed by atoms with Crippen LogP contribution in [0.3, 0.4) is 0 Å². The van der Waals surface area contributed by atoms with Crippen molar-refractivity contribution in [3.8, 4) is 11.5 Å². The molecule has 23 heavy (non-hydrogen) atoms. The normalized spacial score (nSPS) is 11.3. The third-order valence-corrected chi connectivity index (χ3v) is 5.10. The summed E-state index contributed by atoms with van der Waals surface area (Å²) in [5.74, 6) is 0.984. The molecule has 0 amide bonds. The van der Waals surface area contributed by atoms with Crippen molar-refractivity contribution in [2.24, 2.45) is 0 Å². The lowest BCUT2D eigenvalue weighted by molar-refractivity contribution is 0.401. The van der Waals surface area contributed by atoms with Gasteiger partial charge in [0.1, 0.15) is 16.4 Å². The molecular formula is C17H21NO4S. The quantitative estimate of drug-likeness (QED) is 0.882. The fraction of sp³-hybridized carbons (Fsp3) is 0.294. The Labute approximate surface area is 137 Å². The molecule has 2 aromatic carbocycles. The van der Waals surface area contributed by atoms with Gasteiger partial charge in [0.25, 0.3) is 0 Å². The molecule has 0 spiro atoms. The molecule has 0 heterocycles. The third-order valence-electron chi connectivity index (χ3n) is 3.52. The first-order chi connectivity index (χ1) is 10.9. The molecule has 0 aliphatic rings. The van der Waals surface area contributed by atoms with E-state index in [0.717, 1.165) is 11.1 Å². The predicted molar refractivity (Wildman–Crippen MR) is 89.5 cm³/mol. The maximum atomic E-state index is 12.7. The number of nitrogens with one attached hydrogen (secondary N) is 1. The van der Waals surface area contributed by atoms with Crippen LogP contribution in [0.1, 0.15) is 16.7 Å². The lowest BCUT2D eigenvalue weighted by Crippen LogP contribution is -2.25. The number of aryl methyl sites for hydroxylation is 2. The van der Waals surface area contributed by atoms with Gasteiger partial charge in [0, 0.05) is 12.1 Å². The Kier molecular flexibility index (Phi) is 5.28. The SMILES string of the molecule is COc1ccccc1CNS(=O)(=O)c1c(C)cc(C)cc1OC. The first kappa shape index (κ1) is 17.3. The number of para-hydroxylation sites is 1. The second-order valence-electron chi connectivity index (χ2n) is 5.25. The van der Waals surface area contributed by atoms with Crippen LogP contribution in [0.5, 0.6) is 11.5 Å². The molecular weight excluding hydrogens is 314 g/mol. The summed E-state index contributed by atoms with van der Waals surface area (Å²) in [6, 6.07) is 10.8. The Balaban J connectivity index is 2.33. The Bertz CT molecular complexity index is 800. The van der Waals surface area contributed by atoms with Crippen LogP contribution in [0.2, 0.25) is 0 Å². The first-order valence-electron chi connectivity index (χ1n) is 7.16. The standard InChI is InChI=1S/C17H21NO4S/c1-12-9-13(2)17(16(10-12)22-4)23(19,20)18-11-14-7-5-6-8-15(14)21-3/h5-10,18H,11H2,1-4H3. The summed E-state index contributed by atoms with van der Waals surface area (Å²) < 4.78 is 38.5. The van der Waals surface area contributed by atoms with E-state index in [-0.39, 0.29) is 11.4 Å². The molecule has 0 radical (unpaired) electrons. The fourth-order valence-electron chi connectivity index (χ4n) is 2.51. The minimum atomic E-state index is -3.70. The van der Waals surface area contributed by atoms with E-state index in [9.17, 15) is 8.42 Å². The van der Waals surface area contributed by atoms with E-state index in [4.69, 9.17) is 9.47 Å². The average molecular weight is 335 g/mol. The van der Waals surface area contributed by atoms with Crippen molar-refractivity contribution in [2.45, 2.75) is 25.3 Å². The number of methoxy groups -OCH3 is 2. The predicted octanol–water partition coefficient (Wildman–Crippen LogP) is 2.80. The number of hydrogen-bond acceptors (Lipinski definition) is 4. The Morgan fingerprint density at radius 1 is 1.00 bits per heavy atom. The number of rotatable bonds is 6. The van der Waals surface area contributed by atoms with Gasteiger partial charge >= 0.3 is 0 Å². The Hall–Kier alpha value is -2.05. The fourth-order valence-corrected chi connectivity index (χ4v) is 3.89. The van der Waals surface area contributed by atoms with Crippen LogP contribution in [-0.4, -0.2) is 22.6 Å². The second-order valence-corrected chi connectivity index (χ2v) is 6.95. The Morgan fingerprint density at radius 3 is 2.30 bits per heavy atom. The van der Waals surface area contributed by atoms with Gasteiger partial charge < -0.3 is 9.47 Å². The van der Waals surface area contributed by atoms with Crippen molar-refractivity contribution in [2.75, 3.05) is 14.2 Å². The van der Waals surface area contributed by atoms with Crippen LogP contribution in [-0.2, 0) is 16.6 Å². The largest absolute Gasteiger partial charge is 0.496 e. The van der Waals surface area contributed by atoms with Crippen molar-refractivity contribution < 1.29 is 17.9 Å². The number of ether oxygens (including phenoxy) is 2. The van der Waals surface area contributed by atoms with Gasteiger partial charge in [-0.15, -0.1) is 0 Å². The molecule has 6 heteroatoms. The topological polar surface area (TPSA) is 64.6 Å². The molecule has 0 unspecified atom stereocenters. The molecule has 1 N–H and O–H groups in total. The molecule has 2 rings (SSSR count). The van der Waals surface area contributed by atoms with E-state index in [0.29, 0.717) is 17.1 Å². The van der Waals surface area contributed by atoms with Gasteiger partial charge in [-0.25, -0.2) is 13.1 Å². The summed E-state index contributed by atoms with van der Waals surface area (Å²) in [5.41, 5.74) is 2.36. The van der Waals surface area contributed by atoms with Gasteiger partial charge in [0.15, 0.2) is 0 Å². The maximum absolute atomic E-state index is 12.7. The number of hydrogen-bond donors (Lipinski definition) is 1. The lowest BCUT2D eigenvalue weighted by Gasteiger charge is -2.15. The summed E-state index contributed by atoms with van der Waals surface area (Å²) in [5, 5.41) is 0. The molecule has 0 aliphatic heterocycles. The first-order valence-corrected chi connectivity index (χ1v) is 8.64. The summed E-state index contributed by atoms with van der Waals surface area (Å²) in [4.78, 5) is 0.167. The van der Waals surface area contributed by atoms with Crippen molar-refractivity contribution >= 4 is 10.0 Å². The zero-order chi connectivity index (χ0) is 17.0. The summed E-state index contributed by atoms with van der Waals surface area (Å²) in [6.45, 7) is 3.80. The van der Waals surface area contributed by atoms with Crippen molar-refractivity contribution in [3.63, 3.8) is 0 Å². The van der Waals surface area contributed by atoms with Gasteiger partial charge in [-0.05, 0) is 37.1 Å². The van der Waals surface area contributed by atoms with Gasteiger partial charge in [-0.3, -0.25) is 0 Å². The highest BCUT2D eigenvalue weighted by molar-refractivity contribution is 7.89. The van der Waals surface area contributed by atoms with E-state index in [1.165, 1.54) is 7.11 Å². The molecule has 0 atom stereocenters. The summed E-state index contributed by atoms with van der Waals surface area (Å²) in [7, 11) is -0.682. The van der Waals surface area contributed by atoms with Crippen LogP contribution in [0.4, 0.5) is 0 Å². The molecule has 0 saturated carbocycles. The van der Waals surface area contributed by atoms with Crippen molar-refractivity contribution in [1.29, 1.82) is 0 Å². The van der Waals surface area contributed by atoms with E-state index in [1.54, 1.807) is 26.2 Å². The van der Waals surface area contributed by atoms with Crippen LogP contribution >= 0.6 is 0 Å². The van der Waals surface area contributed by atoms with Crippen molar-refractivity contribution in [3.05, 3.63) is 53.1 Å². The summed E-state index contributed by atoms with van der Waals surface area (Å²) >= 11 is 0. The van der Waals surface area contributed by atoms with Crippen LogP contribution in [0, 0.1) is 13.8 Å². The van der Waals surface area contributed by atoms with Crippen LogP contribution in [0.25, 0.3) is 0 Å². The minimum Gasteiger partial charge on any atom is -0.496 e. The molecule has 124 valence electrons. The summed E-state index contributed by atoms with van der Waals surface area (Å²) in [6.07, 6.45) is 0. The third kappa shape index (κ3) is 3.83. The van der Waals surface area contributed by atoms with Gasteiger partial charge in [-0.1, -0.05) is 24.3 Å². The molecule has 2 aromatic rings.